The minimum absolute atomic E-state index is 0.101. The van der Waals surface area contributed by atoms with Crippen molar-refractivity contribution in [1.29, 1.82) is 0 Å². The lowest BCUT2D eigenvalue weighted by Crippen LogP contribution is -2.33. The highest BCUT2D eigenvalue weighted by Gasteiger charge is 2.32. The highest BCUT2D eigenvalue weighted by molar-refractivity contribution is 5.83. The van der Waals surface area contributed by atoms with Crippen LogP contribution in [-0.2, 0) is 4.79 Å². The predicted molar refractivity (Wildman–Crippen MR) is 106 cm³/mol. The Morgan fingerprint density at radius 1 is 1.00 bits per heavy atom. The summed E-state index contributed by atoms with van der Waals surface area (Å²) < 4.78 is 28.1. The minimum atomic E-state index is -0.472. The van der Waals surface area contributed by atoms with Crippen LogP contribution >= 0.6 is 0 Å². The molecule has 1 aliphatic heterocycles. The van der Waals surface area contributed by atoms with Crippen molar-refractivity contribution in [2.45, 2.75) is 44.6 Å². The van der Waals surface area contributed by atoms with Gasteiger partial charge in [-0.1, -0.05) is 55.7 Å². The predicted octanol–water partition coefficient (Wildman–Crippen LogP) is 5.90. The largest absolute Gasteiger partial charge is 0.328 e. The first-order valence-corrected chi connectivity index (χ1v) is 10.1. The second-order valence-electron chi connectivity index (χ2n) is 7.90. The Labute approximate surface area is 164 Å². The summed E-state index contributed by atoms with van der Waals surface area (Å²) in [6.07, 6.45) is 8.30. The lowest BCUT2D eigenvalue weighted by Gasteiger charge is -2.28. The van der Waals surface area contributed by atoms with E-state index in [-0.39, 0.29) is 17.5 Å². The van der Waals surface area contributed by atoms with Crippen LogP contribution in [0.5, 0.6) is 0 Å². The van der Waals surface area contributed by atoms with Gasteiger partial charge in [0.2, 0.25) is 5.91 Å². The third-order valence-electron chi connectivity index (χ3n) is 5.96. The molecular formula is C24H25F2NO. The van der Waals surface area contributed by atoms with E-state index >= 15 is 0 Å². The first-order valence-electron chi connectivity index (χ1n) is 10.1. The van der Waals surface area contributed by atoms with Crippen LogP contribution < -0.4 is 0 Å². The van der Waals surface area contributed by atoms with E-state index in [9.17, 15) is 13.6 Å². The van der Waals surface area contributed by atoms with Gasteiger partial charge in [0.1, 0.15) is 11.6 Å². The summed E-state index contributed by atoms with van der Waals surface area (Å²) in [6.45, 7) is 0.311. The number of halogens is 2. The van der Waals surface area contributed by atoms with Crippen LogP contribution in [0.15, 0.2) is 54.6 Å². The first kappa shape index (κ1) is 18.9. The maximum absolute atomic E-state index is 14.3. The molecule has 0 spiro atoms. The lowest BCUT2D eigenvalue weighted by molar-refractivity contribution is -0.132. The second-order valence-corrected chi connectivity index (χ2v) is 7.90. The summed E-state index contributed by atoms with van der Waals surface area (Å²) in [4.78, 5) is 15.0. The topological polar surface area (TPSA) is 20.3 Å². The molecule has 1 heterocycles. The molecule has 0 saturated heterocycles. The van der Waals surface area contributed by atoms with Crippen LogP contribution in [-0.4, -0.2) is 17.4 Å². The van der Waals surface area contributed by atoms with Crippen molar-refractivity contribution in [2.75, 3.05) is 6.54 Å². The van der Waals surface area contributed by atoms with Gasteiger partial charge in [0.25, 0.3) is 0 Å². The average molecular weight is 381 g/mol. The molecule has 2 aromatic rings. The maximum Gasteiger partial charge on any atom is 0.223 e. The molecule has 1 unspecified atom stereocenters. The summed E-state index contributed by atoms with van der Waals surface area (Å²) in [5.41, 5.74) is 1.91. The molecule has 1 saturated carbocycles. The average Bonchev–Trinajstić information content (AvgIpc) is 3.17. The standard InChI is InChI=1S/C24H25F2NO/c25-20-11-12-22(26)21(15-20)19-14-23(18-9-5-2-6-10-18)27(16-19)24(28)13-17-7-3-1-4-8-17/h2,5-6,9-12,14-15,17,23H,1,3-4,7-8,13,16H2. The molecular weight excluding hydrogens is 356 g/mol. The number of hydrogen-bond donors (Lipinski definition) is 0. The molecule has 1 amide bonds. The molecule has 0 bridgehead atoms. The Morgan fingerprint density at radius 2 is 1.75 bits per heavy atom. The van der Waals surface area contributed by atoms with Gasteiger partial charge >= 0.3 is 0 Å². The number of benzene rings is 2. The molecule has 0 aromatic heterocycles. The Bertz CT molecular complexity index is 871. The SMILES string of the molecule is O=C(CC1CCCCC1)N1CC(c2cc(F)ccc2F)=CC1c1ccccc1. The van der Waals surface area contributed by atoms with E-state index in [0.717, 1.165) is 30.5 Å². The fraction of sp³-hybridized carbons (Fsp3) is 0.375. The van der Waals surface area contributed by atoms with Gasteiger partial charge in [-0.25, -0.2) is 8.78 Å². The van der Waals surface area contributed by atoms with Crippen molar-refractivity contribution in [2.24, 2.45) is 5.92 Å². The van der Waals surface area contributed by atoms with Gasteiger partial charge < -0.3 is 4.90 Å². The number of carbonyl (C=O) groups is 1. The molecule has 2 aliphatic rings. The summed E-state index contributed by atoms with van der Waals surface area (Å²) in [5, 5.41) is 0. The zero-order valence-corrected chi connectivity index (χ0v) is 15.9. The van der Waals surface area contributed by atoms with Crippen LogP contribution in [0.25, 0.3) is 5.57 Å². The molecule has 2 aromatic carbocycles. The van der Waals surface area contributed by atoms with E-state index in [2.05, 4.69) is 0 Å². The molecule has 146 valence electrons. The van der Waals surface area contributed by atoms with Crippen molar-refractivity contribution in [3.63, 3.8) is 0 Å². The zero-order chi connectivity index (χ0) is 19.5. The van der Waals surface area contributed by atoms with Gasteiger partial charge in [-0.05, 0) is 48.1 Å². The Balaban J connectivity index is 1.62. The summed E-state index contributed by atoms with van der Waals surface area (Å²) >= 11 is 0. The zero-order valence-electron chi connectivity index (χ0n) is 15.9. The van der Waals surface area contributed by atoms with Crippen molar-refractivity contribution in [3.05, 3.63) is 77.4 Å². The molecule has 28 heavy (non-hydrogen) atoms. The lowest BCUT2D eigenvalue weighted by atomic mass is 9.86. The van der Waals surface area contributed by atoms with Crippen LogP contribution in [0.3, 0.4) is 0 Å². The molecule has 2 nitrogen and oxygen atoms in total. The van der Waals surface area contributed by atoms with Crippen LogP contribution in [0.4, 0.5) is 8.78 Å². The number of nitrogens with zero attached hydrogens (tertiary/aromatic N) is 1. The molecule has 0 radical (unpaired) electrons. The van der Waals surface area contributed by atoms with Crippen molar-refractivity contribution in [3.8, 4) is 0 Å². The molecule has 1 atom stereocenters. The number of hydrogen-bond acceptors (Lipinski definition) is 1. The van der Waals surface area contributed by atoms with Crippen molar-refractivity contribution < 1.29 is 13.6 Å². The van der Waals surface area contributed by atoms with E-state index < -0.39 is 11.6 Å². The molecule has 4 heteroatoms. The van der Waals surface area contributed by atoms with Crippen LogP contribution in [0, 0.1) is 17.6 Å². The van der Waals surface area contributed by atoms with Gasteiger partial charge in [0.15, 0.2) is 0 Å². The highest BCUT2D eigenvalue weighted by Crippen LogP contribution is 2.37. The van der Waals surface area contributed by atoms with Gasteiger partial charge in [-0.3, -0.25) is 4.79 Å². The third kappa shape index (κ3) is 4.01. The minimum Gasteiger partial charge on any atom is -0.328 e. The fourth-order valence-corrected chi connectivity index (χ4v) is 4.46. The Morgan fingerprint density at radius 3 is 2.50 bits per heavy atom. The third-order valence-corrected chi connectivity index (χ3v) is 5.96. The second kappa shape index (κ2) is 8.26. The van der Waals surface area contributed by atoms with E-state index in [1.165, 1.54) is 25.3 Å². The van der Waals surface area contributed by atoms with Crippen LogP contribution in [0.2, 0.25) is 0 Å². The van der Waals surface area contributed by atoms with Crippen molar-refractivity contribution in [1.82, 2.24) is 4.90 Å². The van der Waals surface area contributed by atoms with E-state index in [1.807, 2.05) is 41.3 Å². The number of amides is 1. The van der Waals surface area contributed by atoms with Gasteiger partial charge in [0, 0.05) is 18.5 Å². The van der Waals surface area contributed by atoms with Crippen molar-refractivity contribution >= 4 is 11.5 Å². The summed E-state index contributed by atoms with van der Waals surface area (Å²) in [6, 6.07) is 13.0. The van der Waals surface area contributed by atoms with Gasteiger partial charge in [-0.15, -0.1) is 0 Å². The molecule has 1 aliphatic carbocycles. The monoisotopic (exact) mass is 381 g/mol. The van der Waals surface area contributed by atoms with E-state index in [1.54, 1.807) is 0 Å². The first-order chi connectivity index (χ1) is 13.6. The summed E-state index contributed by atoms with van der Waals surface area (Å²) in [7, 11) is 0. The highest BCUT2D eigenvalue weighted by atomic mass is 19.1. The smallest absolute Gasteiger partial charge is 0.223 e. The Kier molecular flexibility index (Phi) is 5.56. The van der Waals surface area contributed by atoms with Crippen LogP contribution in [0.1, 0.15) is 55.7 Å². The summed E-state index contributed by atoms with van der Waals surface area (Å²) in [5.74, 6) is -0.391. The van der Waals surface area contributed by atoms with Gasteiger partial charge in [0.05, 0.1) is 6.04 Å². The van der Waals surface area contributed by atoms with E-state index in [0.29, 0.717) is 24.5 Å². The maximum atomic E-state index is 14.3. The quantitative estimate of drug-likeness (QED) is 0.645. The molecule has 0 N–H and O–H groups in total. The molecule has 4 rings (SSSR count). The van der Waals surface area contributed by atoms with Gasteiger partial charge in [-0.2, -0.15) is 0 Å². The van der Waals surface area contributed by atoms with E-state index in [4.69, 9.17) is 0 Å². The Hall–Kier alpha value is -2.49. The normalized spacial score (nSPS) is 20.3. The fourth-order valence-electron chi connectivity index (χ4n) is 4.46. The molecule has 1 fully saturated rings. The number of carbonyl (C=O) groups excluding carboxylic acids is 1. The number of rotatable bonds is 4.